The van der Waals surface area contributed by atoms with Gasteiger partial charge in [-0.15, -0.1) is 20.5 Å². The predicted molar refractivity (Wildman–Crippen MR) is 270 cm³/mol. The molecule has 0 spiro atoms. The summed E-state index contributed by atoms with van der Waals surface area (Å²) in [6, 6.07) is 16.6. The Morgan fingerprint density at radius 1 is 0.521 bits per heavy atom. The molecule has 0 aliphatic rings. The Morgan fingerprint density at radius 2 is 0.973 bits per heavy atom. The summed E-state index contributed by atoms with van der Waals surface area (Å²) in [7, 11) is -17.6. The molecule has 0 aromatic heterocycles. The quantitative estimate of drug-likeness (QED) is 0.0355. The van der Waals surface area contributed by atoms with E-state index < -0.39 is 124 Å². The smallest absolute Gasteiger partial charge is 0.296 e. The van der Waals surface area contributed by atoms with Gasteiger partial charge >= 0.3 is 0 Å². The maximum absolute atomic E-state index is 13.5. The molecule has 384 valence electrons. The zero-order chi connectivity index (χ0) is 53.7. The Bertz CT molecular complexity index is 3760. The Balaban J connectivity index is 1.36. The molecule has 7 aromatic rings. The number of aromatic hydroxyl groups is 2. The van der Waals surface area contributed by atoms with Crippen molar-refractivity contribution in [3.8, 4) is 23.0 Å². The fourth-order valence-corrected chi connectivity index (χ4v) is 10.0. The highest BCUT2D eigenvalue weighted by Gasteiger charge is 2.30. The van der Waals surface area contributed by atoms with E-state index in [1.54, 1.807) is 0 Å². The minimum absolute atomic E-state index is 0.0292. The minimum atomic E-state index is -5.36. The zero-order valence-electron chi connectivity index (χ0n) is 36.5. The summed E-state index contributed by atoms with van der Waals surface area (Å²) in [5.41, 5.74) is -3.72. The molecular formula is C42H33Cl3N6O18S4. The standard InChI is InChI=1S/C42H33Cl3N6O18S4/c1-68-30-17-27(49-51-38-33(73(65,66)67)13-19-11-21(71(59,60)61)15-29(35(19)40(38)53)47-42(55)23-7-5-9-25(44)36(23)45)31(69-2)16-26(30)48-50-37-32(72(62,63)64)12-18-10-20(70(56,57)58)14-28(34(18)39(37)52)46-41(54)22-6-3-4-8-24(22)43/h3-17,52-53,59-64H,1-2H3,(H,46,54)(H,47,55)(H,56,57,58)(H,65,66,67). The fourth-order valence-electron chi connectivity index (χ4n) is 6.96. The number of phenolic OH excluding ortho intramolecular Hbond substituents is 2. The Hall–Kier alpha value is -6.45. The van der Waals surface area contributed by atoms with Gasteiger partial charge in [0.1, 0.15) is 60.9 Å². The van der Waals surface area contributed by atoms with Crippen LogP contribution >= 0.6 is 56.5 Å². The summed E-state index contributed by atoms with van der Waals surface area (Å²) in [6.45, 7) is 0. The van der Waals surface area contributed by atoms with Crippen molar-refractivity contribution in [2.24, 2.45) is 20.5 Å². The number of fused-ring (bicyclic) bond motifs is 2. The lowest BCUT2D eigenvalue weighted by molar-refractivity contribution is 0.101. The van der Waals surface area contributed by atoms with Crippen LogP contribution in [0.2, 0.25) is 15.1 Å². The third kappa shape index (κ3) is 11.4. The molecule has 0 aliphatic carbocycles. The molecule has 73 heavy (non-hydrogen) atoms. The van der Waals surface area contributed by atoms with Crippen LogP contribution in [0.3, 0.4) is 0 Å². The largest absolute Gasteiger partial charge is 0.505 e. The lowest BCUT2D eigenvalue weighted by atomic mass is 10.1. The summed E-state index contributed by atoms with van der Waals surface area (Å²) in [5.74, 6) is -4.55. The van der Waals surface area contributed by atoms with Crippen LogP contribution in [0.15, 0.2) is 131 Å². The maximum atomic E-state index is 13.5. The predicted octanol–water partition coefficient (Wildman–Crippen LogP) is 12.4. The van der Waals surface area contributed by atoms with Crippen LogP contribution in [0.5, 0.6) is 23.0 Å². The molecule has 24 nitrogen and oxygen atoms in total. The number of hydrogen-bond acceptors (Lipinski definition) is 20. The number of carbonyl (C=O) groups excluding carboxylic acids is 2. The van der Waals surface area contributed by atoms with Crippen molar-refractivity contribution >= 4 is 144 Å². The number of ether oxygens (including phenoxy) is 2. The first-order valence-electron chi connectivity index (χ1n) is 19.6. The van der Waals surface area contributed by atoms with Gasteiger partial charge in [0.05, 0.1) is 66.5 Å². The Kier molecular flexibility index (Phi) is 15.2. The molecule has 2 amide bonds. The zero-order valence-corrected chi connectivity index (χ0v) is 42.0. The molecule has 7 rings (SSSR count). The SMILES string of the molecule is COc1cc(N=Nc2c(S(=O)(=O)O)cc3cc(S(O)(O)O)cc(NC(=O)c4cccc(Cl)c4Cl)c3c2O)c(OC)cc1N=Nc1c(S(O)(O)O)cc2cc(S(=O)(=O)O)cc(NC(=O)c3ccccc3Cl)c2c1O. The monoisotopic (exact) mass is 1140 g/mol. The number of rotatable bonds is 14. The lowest BCUT2D eigenvalue weighted by Crippen LogP contribution is -2.13. The molecule has 0 radical (unpaired) electrons. The van der Waals surface area contributed by atoms with Crippen molar-refractivity contribution in [2.75, 3.05) is 24.9 Å². The molecule has 7 aromatic carbocycles. The van der Waals surface area contributed by atoms with Crippen LogP contribution < -0.4 is 20.1 Å². The Labute approximate surface area is 429 Å². The third-order valence-corrected chi connectivity index (χ3v) is 14.9. The van der Waals surface area contributed by atoms with Crippen LogP contribution in [-0.2, 0) is 20.2 Å². The third-order valence-electron chi connectivity index (χ3n) is 10.2. The normalized spacial score (nSPS) is 12.9. The lowest BCUT2D eigenvalue weighted by Gasteiger charge is -2.23. The number of amides is 2. The molecule has 0 unspecified atom stereocenters. The van der Waals surface area contributed by atoms with E-state index in [1.807, 2.05) is 0 Å². The molecule has 0 bridgehead atoms. The van der Waals surface area contributed by atoms with Gasteiger partial charge in [0.2, 0.25) is 0 Å². The van der Waals surface area contributed by atoms with Gasteiger partial charge < -0.3 is 57.6 Å². The molecular weight excluding hydrogens is 1110 g/mol. The molecule has 0 fully saturated rings. The van der Waals surface area contributed by atoms with E-state index >= 15 is 0 Å². The summed E-state index contributed by atoms with van der Waals surface area (Å²) in [6.07, 6.45) is 0. The molecule has 0 saturated heterocycles. The van der Waals surface area contributed by atoms with E-state index in [0.29, 0.717) is 6.07 Å². The van der Waals surface area contributed by atoms with Crippen molar-refractivity contribution in [1.29, 1.82) is 0 Å². The number of hydrogen-bond donors (Lipinski definition) is 12. The van der Waals surface area contributed by atoms with E-state index in [0.717, 1.165) is 56.7 Å². The van der Waals surface area contributed by atoms with E-state index in [2.05, 4.69) is 31.1 Å². The van der Waals surface area contributed by atoms with E-state index in [1.165, 1.54) is 42.5 Å². The highest BCUT2D eigenvalue weighted by atomic mass is 35.5. The van der Waals surface area contributed by atoms with Gasteiger partial charge in [0.25, 0.3) is 32.1 Å². The van der Waals surface area contributed by atoms with E-state index in [-0.39, 0.29) is 54.5 Å². The molecule has 0 aliphatic heterocycles. The number of methoxy groups -OCH3 is 2. The molecule has 0 saturated carbocycles. The molecule has 31 heteroatoms. The summed E-state index contributed by atoms with van der Waals surface area (Å²) >= 11 is 18.5. The second-order valence-electron chi connectivity index (χ2n) is 14.9. The maximum Gasteiger partial charge on any atom is 0.296 e. The molecule has 12 N–H and O–H groups in total. The van der Waals surface area contributed by atoms with Gasteiger partial charge in [0.15, 0.2) is 11.5 Å². The number of carbonyl (C=O) groups is 2. The van der Waals surface area contributed by atoms with Crippen molar-refractivity contribution in [1.82, 2.24) is 0 Å². The number of phenols is 2. The minimum Gasteiger partial charge on any atom is -0.505 e. The van der Waals surface area contributed by atoms with Gasteiger partial charge in [-0.2, -0.15) is 16.8 Å². The number of halogens is 3. The number of nitrogens with zero attached hydrogens (tertiary/aromatic N) is 4. The van der Waals surface area contributed by atoms with Gasteiger partial charge in [-0.3, -0.25) is 18.7 Å². The van der Waals surface area contributed by atoms with Gasteiger partial charge in [-0.25, -0.2) is 0 Å². The van der Waals surface area contributed by atoms with Gasteiger partial charge in [0, 0.05) is 22.9 Å². The highest BCUT2D eigenvalue weighted by Crippen LogP contribution is 2.56. The second kappa shape index (κ2) is 20.5. The van der Waals surface area contributed by atoms with Crippen LogP contribution in [0.1, 0.15) is 20.7 Å². The number of azo groups is 2. The number of benzene rings is 7. The average Bonchev–Trinajstić information content (AvgIpc) is 3.30. The number of nitrogens with one attached hydrogen (secondary N) is 2. The summed E-state index contributed by atoms with van der Waals surface area (Å²) < 4.78 is 143. The first-order valence-corrected chi connectivity index (χ1v) is 26.6. The van der Waals surface area contributed by atoms with Crippen LogP contribution in [0.4, 0.5) is 34.1 Å². The number of anilines is 2. The van der Waals surface area contributed by atoms with E-state index in [9.17, 15) is 73.1 Å². The fraction of sp³-hybridized carbons (Fsp3) is 0.0476. The first-order chi connectivity index (χ1) is 34.0. The topological polar surface area (TPSA) is 397 Å². The van der Waals surface area contributed by atoms with Crippen molar-refractivity contribution < 1.29 is 82.5 Å². The Morgan fingerprint density at radius 3 is 1.45 bits per heavy atom. The van der Waals surface area contributed by atoms with E-state index in [4.69, 9.17) is 44.3 Å². The van der Waals surface area contributed by atoms with Crippen LogP contribution in [0, 0.1) is 0 Å². The summed E-state index contributed by atoms with van der Waals surface area (Å²) in [5, 5.41) is 42.1. The van der Waals surface area contributed by atoms with Crippen molar-refractivity contribution in [3.05, 3.63) is 117 Å². The highest BCUT2D eigenvalue weighted by molar-refractivity contribution is 8.19. The molecule has 0 atom stereocenters. The average molecular weight is 1140 g/mol. The first kappa shape index (κ1) is 54.3. The van der Waals surface area contributed by atoms with Gasteiger partial charge in [-0.05, 0) is 71.4 Å². The molecule has 0 heterocycles. The van der Waals surface area contributed by atoms with Crippen LogP contribution in [-0.4, -0.2) is 89.5 Å². The van der Waals surface area contributed by atoms with Crippen molar-refractivity contribution in [3.63, 3.8) is 0 Å². The van der Waals surface area contributed by atoms with Crippen molar-refractivity contribution in [2.45, 2.75) is 19.6 Å². The van der Waals surface area contributed by atoms with Crippen LogP contribution in [0.25, 0.3) is 21.5 Å². The summed E-state index contributed by atoms with van der Waals surface area (Å²) in [4.78, 5) is 23.2. The second-order valence-corrected chi connectivity index (χ2v) is 21.8. The van der Waals surface area contributed by atoms with Gasteiger partial charge in [-0.1, -0.05) is 53.0 Å².